The molecule has 0 aliphatic carbocycles. The summed E-state index contributed by atoms with van der Waals surface area (Å²) in [4.78, 5) is 11.3. The van der Waals surface area contributed by atoms with Gasteiger partial charge < -0.3 is 9.47 Å². The highest BCUT2D eigenvalue weighted by atomic mass is 16.7. The molecule has 1 aliphatic heterocycles. The van der Waals surface area contributed by atoms with Crippen LogP contribution in [0.5, 0.6) is 0 Å². The molecule has 0 aromatic rings. The summed E-state index contributed by atoms with van der Waals surface area (Å²) in [6.07, 6.45) is 9.17. The van der Waals surface area contributed by atoms with E-state index in [1.807, 2.05) is 31.2 Å². The van der Waals surface area contributed by atoms with Crippen LogP contribution in [0.25, 0.3) is 0 Å². The first-order chi connectivity index (χ1) is 6.77. The van der Waals surface area contributed by atoms with Crippen molar-refractivity contribution in [1.29, 1.82) is 0 Å². The molecule has 0 unspecified atom stereocenters. The lowest BCUT2D eigenvalue weighted by Gasteiger charge is -2.07. The maximum atomic E-state index is 11.3. The summed E-state index contributed by atoms with van der Waals surface area (Å²) in [5, 5.41) is 0. The SMILES string of the molecule is C/C=C/C=C/C[C@@H]1OC(OC)=CC1=O. The number of allylic oxidation sites excluding steroid dienone is 3. The molecule has 0 aromatic carbocycles. The summed E-state index contributed by atoms with van der Waals surface area (Å²) >= 11 is 0. The van der Waals surface area contributed by atoms with Crippen molar-refractivity contribution in [1.82, 2.24) is 0 Å². The Morgan fingerprint density at radius 3 is 2.93 bits per heavy atom. The highest BCUT2D eigenvalue weighted by Crippen LogP contribution is 2.17. The van der Waals surface area contributed by atoms with Crippen LogP contribution in [0.2, 0.25) is 0 Å². The van der Waals surface area contributed by atoms with Gasteiger partial charge in [0.05, 0.1) is 13.2 Å². The van der Waals surface area contributed by atoms with E-state index in [1.54, 1.807) is 0 Å². The Bertz CT molecular complexity index is 287. The fraction of sp³-hybridized carbons (Fsp3) is 0.364. The van der Waals surface area contributed by atoms with E-state index in [9.17, 15) is 4.79 Å². The van der Waals surface area contributed by atoms with E-state index < -0.39 is 6.10 Å². The van der Waals surface area contributed by atoms with Crippen molar-refractivity contribution in [3.05, 3.63) is 36.3 Å². The molecule has 0 spiro atoms. The van der Waals surface area contributed by atoms with Crippen LogP contribution in [-0.2, 0) is 14.3 Å². The molecule has 0 saturated heterocycles. The van der Waals surface area contributed by atoms with Gasteiger partial charge in [-0.05, 0) is 6.92 Å². The van der Waals surface area contributed by atoms with Gasteiger partial charge in [0.1, 0.15) is 0 Å². The Morgan fingerprint density at radius 2 is 2.36 bits per heavy atom. The molecule has 0 radical (unpaired) electrons. The van der Waals surface area contributed by atoms with Gasteiger partial charge in [-0.2, -0.15) is 0 Å². The maximum Gasteiger partial charge on any atom is 0.283 e. The van der Waals surface area contributed by atoms with Gasteiger partial charge in [0.2, 0.25) is 5.78 Å². The lowest BCUT2D eigenvalue weighted by molar-refractivity contribution is -0.121. The smallest absolute Gasteiger partial charge is 0.283 e. The molecule has 3 heteroatoms. The molecule has 0 saturated carbocycles. The van der Waals surface area contributed by atoms with E-state index in [0.717, 1.165) is 0 Å². The minimum atomic E-state index is -0.411. The molecular weight excluding hydrogens is 180 g/mol. The molecule has 0 amide bonds. The van der Waals surface area contributed by atoms with Gasteiger partial charge >= 0.3 is 0 Å². The summed E-state index contributed by atoms with van der Waals surface area (Å²) in [7, 11) is 1.48. The highest BCUT2D eigenvalue weighted by Gasteiger charge is 2.26. The Morgan fingerprint density at radius 1 is 1.57 bits per heavy atom. The predicted octanol–water partition coefficient (Wildman–Crippen LogP) is 1.96. The van der Waals surface area contributed by atoms with E-state index in [0.29, 0.717) is 12.4 Å². The van der Waals surface area contributed by atoms with Gasteiger partial charge in [-0.1, -0.05) is 24.3 Å². The number of rotatable bonds is 4. The number of carbonyl (C=O) groups is 1. The molecule has 1 atom stereocenters. The van der Waals surface area contributed by atoms with Gasteiger partial charge in [0.25, 0.3) is 5.95 Å². The van der Waals surface area contributed by atoms with Crippen molar-refractivity contribution < 1.29 is 14.3 Å². The average molecular weight is 194 g/mol. The molecule has 0 N–H and O–H groups in total. The van der Waals surface area contributed by atoms with E-state index in [2.05, 4.69) is 0 Å². The quantitative estimate of drug-likeness (QED) is 0.642. The normalized spacial score (nSPS) is 21.7. The van der Waals surface area contributed by atoms with E-state index in [1.165, 1.54) is 13.2 Å². The van der Waals surface area contributed by atoms with Crippen LogP contribution in [0.3, 0.4) is 0 Å². The summed E-state index contributed by atoms with van der Waals surface area (Å²) in [6, 6.07) is 0. The predicted molar refractivity (Wildman–Crippen MR) is 53.5 cm³/mol. The Labute approximate surface area is 83.7 Å². The molecule has 3 nitrogen and oxygen atoms in total. The van der Waals surface area contributed by atoms with Crippen molar-refractivity contribution in [3.63, 3.8) is 0 Å². The minimum absolute atomic E-state index is 0.0352. The van der Waals surface area contributed by atoms with E-state index >= 15 is 0 Å². The van der Waals surface area contributed by atoms with Gasteiger partial charge in [-0.3, -0.25) is 4.79 Å². The number of carbonyl (C=O) groups excluding carboxylic acids is 1. The van der Waals surface area contributed by atoms with Crippen LogP contribution in [0.1, 0.15) is 13.3 Å². The van der Waals surface area contributed by atoms with Crippen LogP contribution >= 0.6 is 0 Å². The average Bonchev–Trinajstić information content (AvgIpc) is 2.54. The van der Waals surface area contributed by atoms with Crippen LogP contribution in [0.15, 0.2) is 36.3 Å². The summed E-state index contributed by atoms with van der Waals surface area (Å²) in [5.41, 5.74) is 0. The van der Waals surface area contributed by atoms with Gasteiger partial charge in [0.15, 0.2) is 6.10 Å². The van der Waals surface area contributed by atoms with E-state index in [-0.39, 0.29) is 5.78 Å². The molecule has 0 bridgehead atoms. The van der Waals surface area contributed by atoms with Crippen LogP contribution in [0, 0.1) is 0 Å². The van der Waals surface area contributed by atoms with Crippen molar-refractivity contribution in [2.24, 2.45) is 0 Å². The lowest BCUT2D eigenvalue weighted by Crippen LogP contribution is -2.14. The Hall–Kier alpha value is -1.51. The zero-order valence-corrected chi connectivity index (χ0v) is 8.40. The molecule has 76 valence electrons. The maximum absolute atomic E-state index is 11.3. The van der Waals surface area contributed by atoms with Crippen LogP contribution < -0.4 is 0 Å². The van der Waals surface area contributed by atoms with Crippen molar-refractivity contribution in [2.75, 3.05) is 7.11 Å². The molecule has 1 heterocycles. The van der Waals surface area contributed by atoms with Crippen molar-refractivity contribution >= 4 is 5.78 Å². The number of methoxy groups -OCH3 is 1. The minimum Gasteiger partial charge on any atom is -0.469 e. The van der Waals surface area contributed by atoms with Crippen molar-refractivity contribution in [3.8, 4) is 0 Å². The molecular formula is C11H14O3. The number of ether oxygens (including phenoxy) is 2. The second kappa shape index (κ2) is 5.27. The second-order valence-electron chi connectivity index (χ2n) is 2.87. The number of hydrogen-bond acceptors (Lipinski definition) is 3. The van der Waals surface area contributed by atoms with Crippen LogP contribution in [0.4, 0.5) is 0 Å². The zero-order chi connectivity index (χ0) is 10.4. The first kappa shape index (κ1) is 10.6. The third kappa shape index (κ3) is 2.76. The summed E-state index contributed by atoms with van der Waals surface area (Å²) in [5.74, 6) is 0.270. The molecule has 0 aromatic heterocycles. The zero-order valence-electron chi connectivity index (χ0n) is 8.40. The van der Waals surface area contributed by atoms with Crippen LogP contribution in [-0.4, -0.2) is 19.0 Å². The standard InChI is InChI=1S/C11H14O3/c1-3-4-5-6-7-10-9(12)8-11(13-2)14-10/h3-6,8,10H,7H2,1-2H3/b4-3+,6-5+/t10-/m0/s1. The Balaban J connectivity index is 2.39. The number of ketones is 1. The summed E-state index contributed by atoms with van der Waals surface area (Å²) < 4.78 is 10.0. The first-order valence-corrected chi connectivity index (χ1v) is 4.52. The van der Waals surface area contributed by atoms with E-state index in [4.69, 9.17) is 9.47 Å². The Kier molecular flexibility index (Phi) is 3.98. The first-order valence-electron chi connectivity index (χ1n) is 4.52. The van der Waals surface area contributed by atoms with Gasteiger partial charge in [0, 0.05) is 6.42 Å². The lowest BCUT2D eigenvalue weighted by atomic mass is 10.2. The fourth-order valence-corrected chi connectivity index (χ4v) is 1.10. The van der Waals surface area contributed by atoms with Gasteiger partial charge in [-0.15, -0.1) is 0 Å². The number of hydrogen-bond donors (Lipinski definition) is 0. The monoisotopic (exact) mass is 194 g/mol. The molecule has 1 rings (SSSR count). The second-order valence-corrected chi connectivity index (χ2v) is 2.87. The molecule has 14 heavy (non-hydrogen) atoms. The topological polar surface area (TPSA) is 35.5 Å². The molecule has 1 aliphatic rings. The van der Waals surface area contributed by atoms with Crippen molar-refractivity contribution in [2.45, 2.75) is 19.4 Å². The fourth-order valence-electron chi connectivity index (χ4n) is 1.10. The summed E-state index contributed by atoms with van der Waals surface area (Å²) in [6.45, 7) is 1.94. The largest absolute Gasteiger partial charge is 0.469 e. The third-order valence-electron chi connectivity index (χ3n) is 1.83. The molecule has 0 fully saturated rings. The van der Waals surface area contributed by atoms with Gasteiger partial charge in [-0.25, -0.2) is 0 Å². The third-order valence-corrected chi connectivity index (χ3v) is 1.83. The highest BCUT2D eigenvalue weighted by molar-refractivity contribution is 5.95.